The zero-order valence-corrected chi connectivity index (χ0v) is 13.7. The molecule has 0 aliphatic rings. The second kappa shape index (κ2) is 10.4. The Morgan fingerprint density at radius 3 is 2.32 bits per heavy atom. The van der Waals surface area contributed by atoms with E-state index in [0.29, 0.717) is 0 Å². The Balaban J connectivity index is 2.17. The van der Waals surface area contributed by atoms with Gasteiger partial charge in [0.25, 0.3) is 0 Å². The van der Waals surface area contributed by atoms with E-state index >= 15 is 0 Å². The molecule has 110 valence electrons. The number of hydrogen-bond donors (Lipinski definition) is 1. The molecule has 0 fully saturated rings. The predicted octanol–water partition coefficient (Wildman–Crippen LogP) is 4.05. The van der Waals surface area contributed by atoms with Crippen LogP contribution in [-0.2, 0) is 6.54 Å². The second-order valence-corrected chi connectivity index (χ2v) is 6.25. The third-order valence-corrected chi connectivity index (χ3v) is 4.54. The smallest absolute Gasteiger partial charge is 0.0302 e. The van der Waals surface area contributed by atoms with Crippen LogP contribution in [-0.4, -0.2) is 31.1 Å². The molecule has 1 rings (SSSR count). The highest BCUT2D eigenvalue weighted by molar-refractivity contribution is 7.10. The first-order chi connectivity index (χ1) is 9.27. The van der Waals surface area contributed by atoms with Gasteiger partial charge in [-0.3, -0.25) is 0 Å². The molecule has 0 aliphatic heterocycles. The molecule has 1 aromatic heterocycles. The van der Waals surface area contributed by atoms with Crippen LogP contribution in [0.1, 0.15) is 50.0 Å². The summed E-state index contributed by atoms with van der Waals surface area (Å²) in [6.07, 6.45) is 5.25. The molecule has 3 heteroatoms. The zero-order chi connectivity index (χ0) is 13.9. The minimum Gasteiger partial charge on any atom is -0.311 e. The third-order valence-electron chi connectivity index (χ3n) is 3.51. The van der Waals surface area contributed by atoms with E-state index in [1.165, 1.54) is 55.8 Å². The SMILES string of the molecule is CCCCN(CCCC)CCNCc1sccc1C. The molecule has 0 saturated carbocycles. The van der Waals surface area contributed by atoms with E-state index in [4.69, 9.17) is 0 Å². The molecule has 1 N–H and O–H groups in total. The average Bonchev–Trinajstić information content (AvgIpc) is 2.82. The maximum atomic E-state index is 3.58. The highest BCUT2D eigenvalue weighted by Crippen LogP contribution is 2.14. The molecule has 0 amide bonds. The molecule has 19 heavy (non-hydrogen) atoms. The van der Waals surface area contributed by atoms with Crippen LogP contribution in [0.15, 0.2) is 11.4 Å². The summed E-state index contributed by atoms with van der Waals surface area (Å²) in [5.41, 5.74) is 1.42. The van der Waals surface area contributed by atoms with E-state index in [9.17, 15) is 0 Å². The summed E-state index contributed by atoms with van der Waals surface area (Å²) >= 11 is 1.86. The molecule has 0 bridgehead atoms. The van der Waals surface area contributed by atoms with Crippen molar-refractivity contribution < 1.29 is 0 Å². The van der Waals surface area contributed by atoms with Crippen LogP contribution in [0, 0.1) is 6.92 Å². The number of rotatable bonds is 11. The van der Waals surface area contributed by atoms with Crippen molar-refractivity contribution >= 4 is 11.3 Å². The lowest BCUT2D eigenvalue weighted by Crippen LogP contribution is -2.33. The van der Waals surface area contributed by atoms with E-state index in [2.05, 4.69) is 42.4 Å². The van der Waals surface area contributed by atoms with Gasteiger partial charge in [0, 0.05) is 24.5 Å². The molecule has 0 spiro atoms. The third kappa shape index (κ3) is 7.09. The molecule has 1 aromatic rings. The molecular formula is C16H30N2S. The Morgan fingerprint density at radius 2 is 1.79 bits per heavy atom. The molecule has 0 unspecified atom stereocenters. The summed E-state index contributed by atoms with van der Waals surface area (Å²) in [6.45, 7) is 12.6. The van der Waals surface area contributed by atoms with Crippen molar-refractivity contribution in [3.05, 3.63) is 21.9 Å². The Morgan fingerprint density at radius 1 is 1.11 bits per heavy atom. The molecule has 2 nitrogen and oxygen atoms in total. The van der Waals surface area contributed by atoms with Crippen LogP contribution in [0.25, 0.3) is 0 Å². The van der Waals surface area contributed by atoms with Gasteiger partial charge in [0.2, 0.25) is 0 Å². The molecule has 0 aliphatic carbocycles. The number of thiophene rings is 1. The zero-order valence-electron chi connectivity index (χ0n) is 12.9. The van der Waals surface area contributed by atoms with E-state index in [-0.39, 0.29) is 0 Å². The van der Waals surface area contributed by atoms with Gasteiger partial charge in [0.1, 0.15) is 0 Å². The Labute approximate surface area is 123 Å². The van der Waals surface area contributed by atoms with Gasteiger partial charge >= 0.3 is 0 Å². The summed E-state index contributed by atoms with van der Waals surface area (Å²) in [5, 5.41) is 5.76. The van der Waals surface area contributed by atoms with Gasteiger partial charge in [0.15, 0.2) is 0 Å². The van der Waals surface area contributed by atoms with Gasteiger partial charge in [-0.2, -0.15) is 0 Å². The van der Waals surface area contributed by atoms with Gasteiger partial charge in [-0.15, -0.1) is 11.3 Å². The lowest BCUT2D eigenvalue weighted by molar-refractivity contribution is 0.264. The Bertz CT molecular complexity index is 314. The predicted molar refractivity (Wildman–Crippen MR) is 87.0 cm³/mol. The van der Waals surface area contributed by atoms with Crippen molar-refractivity contribution in [2.75, 3.05) is 26.2 Å². The van der Waals surface area contributed by atoms with Gasteiger partial charge < -0.3 is 10.2 Å². The summed E-state index contributed by atoms with van der Waals surface area (Å²) in [6, 6.07) is 2.20. The van der Waals surface area contributed by atoms with Crippen LogP contribution >= 0.6 is 11.3 Å². The topological polar surface area (TPSA) is 15.3 Å². The van der Waals surface area contributed by atoms with Crippen LogP contribution < -0.4 is 5.32 Å². The number of aryl methyl sites for hydroxylation is 1. The lowest BCUT2D eigenvalue weighted by atomic mass is 10.2. The number of nitrogens with one attached hydrogen (secondary N) is 1. The van der Waals surface area contributed by atoms with Crippen molar-refractivity contribution in [1.29, 1.82) is 0 Å². The summed E-state index contributed by atoms with van der Waals surface area (Å²) in [4.78, 5) is 4.09. The maximum absolute atomic E-state index is 3.58. The second-order valence-electron chi connectivity index (χ2n) is 5.25. The minimum atomic E-state index is 1.03. The Kier molecular flexibility index (Phi) is 9.14. The molecule has 0 saturated heterocycles. The lowest BCUT2D eigenvalue weighted by Gasteiger charge is -2.22. The standard InChI is InChI=1S/C16H30N2S/c1-4-6-10-18(11-7-5-2)12-9-17-14-16-15(3)8-13-19-16/h8,13,17H,4-7,9-12,14H2,1-3H3. The van der Waals surface area contributed by atoms with Crippen LogP contribution in [0.5, 0.6) is 0 Å². The summed E-state index contributed by atoms with van der Waals surface area (Å²) in [5.74, 6) is 0. The molecule has 0 aromatic carbocycles. The highest BCUT2D eigenvalue weighted by Gasteiger charge is 2.04. The van der Waals surface area contributed by atoms with Gasteiger partial charge in [-0.25, -0.2) is 0 Å². The first kappa shape index (κ1) is 16.7. The quantitative estimate of drug-likeness (QED) is 0.616. The largest absolute Gasteiger partial charge is 0.311 e. The van der Waals surface area contributed by atoms with E-state index in [1.54, 1.807) is 0 Å². The first-order valence-electron chi connectivity index (χ1n) is 7.74. The fraction of sp³-hybridized carbons (Fsp3) is 0.750. The van der Waals surface area contributed by atoms with Crippen molar-refractivity contribution in [1.82, 2.24) is 10.2 Å². The van der Waals surface area contributed by atoms with Crippen molar-refractivity contribution in [3.63, 3.8) is 0 Å². The fourth-order valence-electron chi connectivity index (χ4n) is 2.12. The number of hydrogen-bond acceptors (Lipinski definition) is 3. The van der Waals surface area contributed by atoms with Gasteiger partial charge in [-0.05, 0) is 49.9 Å². The van der Waals surface area contributed by atoms with E-state index in [0.717, 1.165) is 13.1 Å². The number of unbranched alkanes of at least 4 members (excludes halogenated alkanes) is 2. The Hall–Kier alpha value is -0.380. The van der Waals surface area contributed by atoms with Crippen molar-refractivity contribution in [2.45, 2.75) is 53.0 Å². The summed E-state index contributed by atoms with van der Waals surface area (Å²) < 4.78 is 0. The van der Waals surface area contributed by atoms with Crippen LogP contribution in [0.4, 0.5) is 0 Å². The van der Waals surface area contributed by atoms with Gasteiger partial charge in [0.05, 0.1) is 0 Å². The van der Waals surface area contributed by atoms with Gasteiger partial charge in [-0.1, -0.05) is 26.7 Å². The maximum Gasteiger partial charge on any atom is 0.0302 e. The van der Waals surface area contributed by atoms with E-state index in [1.807, 2.05) is 11.3 Å². The first-order valence-corrected chi connectivity index (χ1v) is 8.62. The molecule has 0 atom stereocenters. The van der Waals surface area contributed by atoms with Crippen LogP contribution in [0.3, 0.4) is 0 Å². The van der Waals surface area contributed by atoms with Crippen molar-refractivity contribution in [2.24, 2.45) is 0 Å². The fourth-order valence-corrected chi connectivity index (χ4v) is 3.00. The number of nitrogens with zero attached hydrogens (tertiary/aromatic N) is 1. The van der Waals surface area contributed by atoms with Crippen LogP contribution in [0.2, 0.25) is 0 Å². The summed E-state index contributed by atoms with van der Waals surface area (Å²) in [7, 11) is 0. The van der Waals surface area contributed by atoms with Crippen molar-refractivity contribution in [3.8, 4) is 0 Å². The molecule has 0 radical (unpaired) electrons. The highest BCUT2D eigenvalue weighted by atomic mass is 32.1. The molecule has 1 heterocycles. The molecular weight excluding hydrogens is 252 g/mol. The van der Waals surface area contributed by atoms with E-state index < -0.39 is 0 Å². The average molecular weight is 282 g/mol. The minimum absolute atomic E-state index is 1.03. The normalized spacial score (nSPS) is 11.4. The monoisotopic (exact) mass is 282 g/mol.